The van der Waals surface area contributed by atoms with Gasteiger partial charge in [0.2, 0.25) is 0 Å². The van der Waals surface area contributed by atoms with Crippen LogP contribution >= 0.6 is 15.6 Å². The fourth-order valence-electron chi connectivity index (χ4n) is 9.71. The van der Waals surface area contributed by atoms with Gasteiger partial charge in [-0.25, -0.2) is 9.13 Å². The molecule has 19 heteroatoms. The number of phosphoric acid groups is 2. The van der Waals surface area contributed by atoms with Gasteiger partial charge in [0.1, 0.15) is 19.3 Å². The molecule has 0 radical (unpaired) electrons. The minimum Gasteiger partial charge on any atom is -0.462 e. The van der Waals surface area contributed by atoms with Crippen molar-refractivity contribution in [1.29, 1.82) is 0 Å². The second kappa shape index (κ2) is 67.8. The van der Waals surface area contributed by atoms with E-state index in [-0.39, 0.29) is 25.7 Å². The number of hydrogen-bond donors (Lipinski definition) is 3. The fourth-order valence-corrected chi connectivity index (χ4v) is 11.3. The normalized spacial score (nSPS) is 14.5. The number of ether oxygens (including phenoxy) is 4. The number of aliphatic hydroxyl groups excluding tert-OH is 1. The second-order valence-electron chi connectivity index (χ2n) is 24.5. The average molecular weight is 1370 g/mol. The Hall–Kier alpha value is -3.76. The zero-order chi connectivity index (χ0) is 69.0. The highest BCUT2D eigenvalue weighted by Crippen LogP contribution is 2.45. The van der Waals surface area contributed by atoms with E-state index in [0.29, 0.717) is 25.7 Å². The fraction of sp³-hybridized carbons (Fsp3) is 0.760. The molecule has 0 rings (SSSR count). The highest BCUT2D eigenvalue weighted by atomic mass is 31.2. The summed E-state index contributed by atoms with van der Waals surface area (Å²) in [7, 11) is -9.95. The number of carbonyl (C=O) groups excluding carboxylic acids is 4. The predicted octanol–water partition coefficient (Wildman–Crippen LogP) is 20.7. The van der Waals surface area contributed by atoms with Crippen LogP contribution in [0.5, 0.6) is 0 Å². The molecule has 0 aromatic rings. The summed E-state index contributed by atoms with van der Waals surface area (Å²) in [6, 6.07) is 0. The largest absolute Gasteiger partial charge is 0.472 e. The molecule has 5 unspecified atom stereocenters. The molecule has 0 fully saturated rings. The highest BCUT2D eigenvalue weighted by molar-refractivity contribution is 7.47. The molecule has 0 aliphatic heterocycles. The SMILES string of the molecule is CC/C=C\C/C=C\C/C=C\C/C=C\CCCCC(=O)OCC(COP(=O)(O)OCC(O)COP(=O)(O)OCC(COC(=O)CCCCCCC/C=C\C/C=C\CCC)OC(=O)CCCCCCC/C=C\CCCCCC)OC(=O)CCCCCCCCCCCCCCC. The Morgan fingerprint density at radius 3 is 0.936 bits per heavy atom. The van der Waals surface area contributed by atoms with Gasteiger partial charge in [-0.15, -0.1) is 0 Å². The van der Waals surface area contributed by atoms with Crippen LogP contribution in [0.1, 0.15) is 310 Å². The van der Waals surface area contributed by atoms with E-state index in [9.17, 15) is 43.2 Å². The van der Waals surface area contributed by atoms with Gasteiger partial charge in [0.25, 0.3) is 0 Å². The maximum Gasteiger partial charge on any atom is 0.472 e. The van der Waals surface area contributed by atoms with Crippen LogP contribution in [0.4, 0.5) is 0 Å². The number of hydrogen-bond acceptors (Lipinski definition) is 15. The molecule has 3 N–H and O–H groups in total. The summed E-state index contributed by atoms with van der Waals surface area (Å²) >= 11 is 0. The molecule has 5 atom stereocenters. The van der Waals surface area contributed by atoms with Gasteiger partial charge in [-0.1, -0.05) is 254 Å². The van der Waals surface area contributed by atoms with Crippen LogP contribution < -0.4 is 0 Å². The van der Waals surface area contributed by atoms with Crippen LogP contribution in [0, 0.1) is 0 Å². The number of esters is 4. The summed E-state index contributed by atoms with van der Waals surface area (Å²) < 4.78 is 68.3. The van der Waals surface area contributed by atoms with Crippen molar-refractivity contribution in [3.63, 3.8) is 0 Å². The molecule has 0 aliphatic carbocycles. The lowest BCUT2D eigenvalue weighted by molar-refractivity contribution is -0.161. The molecule has 0 spiro atoms. The molecule has 0 aliphatic rings. The van der Waals surface area contributed by atoms with E-state index in [0.717, 1.165) is 154 Å². The number of allylic oxidation sites excluding steroid dienone is 14. The lowest BCUT2D eigenvalue weighted by atomic mass is 10.0. The Balaban J connectivity index is 5.36. The third-order valence-electron chi connectivity index (χ3n) is 15.3. The predicted molar refractivity (Wildman–Crippen MR) is 381 cm³/mol. The number of aliphatic hydroxyl groups is 1. The molecule has 544 valence electrons. The third kappa shape index (κ3) is 66.8. The number of phosphoric ester groups is 2. The maximum absolute atomic E-state index is 13.0. The topological polar surface area (TPSA) is 237 Å². The summed E-state index contributed by atoms with van der Waals surface area (Å²) in [5, 5.41) is 10.6. The van der Waals surface area contributed by atoms with Crippen LogP contribution in [0.2, 0.25) is 0 Å². The van der Waals surface area contributed by atoms with E-state index in [2.05, 4.69) is 113 Å². The van der Waals surface area contributed by atoms with E-state index in [4.69, 9.17) is 37.0 Å². The van der Waals surface area contributed by atoms with Crippen molar-refractivity contribution in [1.82, 2.24) is 0 Å². The standard InChI is InChI=1S/C75H132O17P2/c1-5-9-13-17-21-25-29-33-34-38-40-44-48-52-56-60-73(78)86-66-71(92-75(80)62-58-54-50-46-42-37-32-28-24-20-16-12-8-4)68-90-94(83,84)88-64-69(76)63-87-93(81,82)89-67-70(91-74(79)61-57-53-49-45-41-36-31-27-23-19-15-11-7-3)65-85-72(77)59-55-51-47-43-39-35-30-26-22-18-14-10-6-2/h9,13-14,18,21,25-27,30-31,33-34,40,44,69-71,76H,5-8,10-12,15-17,19-20,22-24,28-29,32,35-39,41-43,45-68H2,1-4H3,(H,81,82)(H,83,84)/b13-9-,18-14-,25-21-,30-26-,31-27-,34-33-,44-40-. The van der Waals surface area contributed by atoms with Crippen LogP contribution in [0.25, 0.3) is 0 Å². The van der Waals surface area contributed by atoms with Gasteiger partial charge < -0.3 is 33.8 Å². The van der Waals surface area contributed by atoms with E-state index in [1.54, 1.807) is 0 Å². The van der Waals surface area contributed by atoms with Gasteiger partial charge in [0.05, 0.1) is 26.4 Å². The van der Waals surface area contributed by atoms with Crippen LogP contribution in [0.3, 0.4) is 0 Å². The molecule has 0 bridgehead atoms. The molecule has 0 amide bonds. The minimum atomic E-state index is -4.98. The summed E-state index contributed by atoms with van der Waals surface area (Å²) in [5.41, 5.74) is 0. The lowest BCUT2D eigenvalue weighted by Gasteiger charge is -2.21. The van der Waals surface area contributed by atoms with E-state index in [1.807, 2.05) is 0 Å². The summed E-state index contributed by atoms with van der Waals surface area (Å²) in [6.07, 6.45) is 67.3. The Labute approximate surface area is 570 Å². The van der Waals surface area contributed by atoms with E-state index in [1.165, 1.54) is 77.0 Å². The summed E-state index contributed by atoms with van der Waals surface area (Å²) in [6.45, 7) is 4.62. The van der Waals surface area contributed by atoms with Crippen LogP contribution in [0.15, 0.2) is 85.1 Å². The van der Waals surface area contributed by atoms with Crippen molar-refractivity contribution < 1.29 is 80.2 Å². The molecule has 0 aromatic carbocycles. The van der Waals surface area contributed by atoms with Crippen molar-refractivity contribution in [3.05, 3.63) is 85.1 Å². The van der Waals surface area contributed by atoms with Crippen molar-refractivity contribution in [2.45, 2.75) is 329 Å². The van der Waals surface area contributed by atoms with Crippen molar-refractivity contribution in [2.24, 2.45) is 0 Å². The molecule has 0 saturated carbocycles. The molecule has 0 heterocycles. The zero-order valence-electron chi connectivity index (χ0n) is 59.1. The third-order valence-corrected chi connectivity index (χ3v) is 17.2. The van der Waals surface area contributed by atoms with Gasteiger partial charge in [-0.3, -0.25) is 37.3 Å². The Kier molecular flexibility index (Phi) is 65.1. The molecule has 0 aromatic heterocycles. The van der Waals surface area contributed by atoms with Crippen molar-refractivity contribution in [2.75, 3.05) is 39.6 Å². The quantitative estimate of drug-likeness (QED) is 0.0169. The second-order valence-corrected chi connectivity index (χ2v) is 27.4. The first-order chi connectivity index (χ1) is 45.7. The Bertz CT molecular complexity index is 2120. The smallest absolute Gasteiger partial charge is 0.462 e. The molecule has 17 nitrogen and oxygen atoms in total. The first kappa shape index (κ1) is 90.2. The minimum absolute atomic E-state index is 0.0826. The number of unbranched alkanes of at least 4 members (excludes halogenated alkanes) is 29. The lowest BCUT2D eigenvalue weighted by Crippen LogP contribution is -2.30. The van der Waals surface area contributed by atoms with E-state index < -0.39 is 97.5 Å². The average Bonchev–Trinajstić information content (AvgIpc) is 1.67. The molecule has 0 saturated heterocycles. The summed E-state index contributed by atoms with van der Waals surface area (Å²) in [4.78, 5) is 72.7. The van der Waals surface area contributed by atoms with Gasteiger partial charge >= 0.3 is 39.5 Å². The molecular formula is C75H132O17P2. The Morgan fingerprint density at radius 1 is 0.309 bits per heavy atom. The van der Waals surface area contributed by atoms with Crippen LogP contribution in [-0.2, 0) is 65.4 Å². The van der Waals surface area contributed by atoms with Crippen molar-refractivity contribution >= 4 is 39.5 Å². The maximum atomic E-state index is 13.0. The molecule has 94 heavy (non-hydrogen) atoms. The highest BCUT2D eigenvalue weighted by Gasteiger charge is 2.30. The molecular weight excluding hydrogens is 1230 g/mol. The zero-order valence-corrected chi connectivity index (χ0v) is 60.9. The first-order valence-corrected chi connectivity index (χ1v) is 39.8. The van der Waals surface area contributed by atoms with Gasteiger partial charge in [-0.05, 0) is 116 Å². The van der Waals surface area contributed by atoms with Gasteiger partial charge in [0.15, 0.2) is 12.2 Å². The summed E-state index contributed by atoms with van der Waals surface area (Å²) in [5.74, 6) is -2.23. The monoisotopic (exact) mass is 1370 g/mol. The van der Waals surface area contributed by atoms with Crippen molar-refractivity contribution in [3.8, 4) is 0 Å². The van der Waals surface area contributed by atoms with E-state index >= 15 is 0 Å². The number of rotatable bonds is 69. The Morgan fingerprint density at radius 2 is 0.574 bits per heavy atom. The first-order valence-electron chi connectivity index (χ1n) is 36.8. The van der Waals surface area contributed by atoms with Gasteiger partial charge in [-0.2, -0.15) is 0 Å². The van der Waals surface area contributed by atoms with Crippen LogP contribution in [-0.4, -0.2) is 96.7 Å². The van der Waals surface area contributed by atoms with Gasteiger partial charge in [0, 0.05) is 25.7 Å². The number of carbonyl (C=O) groups is 4.